The zero-order valence-electron chi connectivity index (χ0n) is 23.0. The maximum Gasteiger partial charge on any atom is 0.294 e. The number of hydrogen-bond acceptors (Lipinski definition) is 7. The third-order valence-corrected chi connectivity index (χ3v) is 6.72. The lowest BCUT2D eigenvalue weighted by molar-refractivity contribution is -0.122. The Labute approximate surface area is 251 Å². The van der Waals surface area contributed by atoms with Crippen LogP contribution < -0.4 is 25.0 Å². The maximum atomic E-state index is 12.9. The van der Waals surface area contributed by atoms with Gasteiger partial charge in [-0.3, -0.25) is 14.4 Å². The number of rotatable bonds is 11. The van der Waals surface area contributed by atoms with Crippen molar-refractivity contribution < 1.29 is 23.9 Å². The number of para-hydroxylation sites is 1. The average Bonchev–Trinajstić information content (AvgIpc) is 3.38. The lowest BCUT2D eigenvalue weighted by atomic mass is 10.2. The Bertz CT molecular complexity index is 1640. The van der Waals surface area contributed by atoms with Gasteiger partial charge in [0.15, 0.2) is 0 Å². The van der Waals surface area contributed by atoms with Crippen molar-refractivity contribution in [3.05, 3.63) is 75.9 Å². The number of anilines is 2. The largest absolute Gasteiger partial charge is 0.486 e. The number of carbonyl (C=O) groups excluding carboxylic acids is 3. The van der Waals surface area contributed by atoms with Gasteiger partial charge in [0.25, 0.3) is 6.01 Å². The molecule has 2 aromatic carbocycles. The van der Waals surface area contributed by atoms with Gasteiger partial charge >= 0.3 is 0 Å². The summed E-state index contributed by atoms with van der Waals surface area (Å²) in [6, 6.07) is 12.4. The van der Waals surface area contributed by atoms with E-state index < -0.39 is 11.8 Å². The van der Waals surface area contributed by atoms with Crippen LogP contribution in [0.2, 0.25) is 10.0 Å². The Morgan fingerprint density at radius 1 is 1.10 bits per heavy atom. The van der Waals surface area contributed by atoms with Gasteiger partial charge < -0.3 is 30.0 Å². The Morgan fingerprint density at radius 3 is 2.62 bits per heavy atom. The van der Waals surface area contributed by atoms with E-state index in [2.05, 4.69) is 25.6 Å². The normalized spacial score (nSPS) is 11.0. The van der Waals surface area contributed by atoms with Crippen LogP contribution in [0.15, 0.2) is 54.7 Å². The third kappa shape index (κ3) is 7.56. The van der Waals surface area contributed by atoms with Crippen molar-refractivity contribution in [1.29, 1.82) is 0 Å². The fraction of sp³-hybridized carbons (Fsp3) is 0.207. The molecule has 4 aromatic rings. The summed E-state index contributed by atoms with van der Waals surface area (Å²) >= 11 is 13.1. The van der Waals surface area contributed by atoms with E-state index in [4.69, 9.17) is 32.7 Å². The number of amides is 3. The van der Waals surface area contributed by atoms with E-state index in [1.54, 1.807) is 37.4 Å². The van der Waals surface area contributed by atoms with Crippen molar-refractivity contribution in [1.82, 2.24) is 20.3 Å². The van der Waals surface area contributed by atoms with Gasteiger partial charge in [0.05, 0.1) is 29.4 Å². The molecule has 4 rings (SSSR count). The number of benzene rings is 2. The summed E-state index contributed by atoms with van der Waals surface area (Å²) in [5.41, 5.74) is 2.87. The molecule has 3 amide bonds. The monoisotopic (exact) mass is 610 g/mol. The molecular formula is C29H28Cl2N6O5. The standard InChI is InChI=1S/C29H28Cl2N6O5/c1-4-41-29-35-21-6-5-7-23(28(21)36-29)42-16-19-20(30)10-11-22(27(19)31)37(3)26(40)15-33-25(39)13-9-18-8-12-24(32-14-18)34-17(2)38/h5-14H,4,15-16H2,1-3H3,(H,33,39)(H,35,36)(H,32,34,38). The fourth-order valence-corrected chi connectivity index (χ4v) is 4.44. The Balaban J connectivity index is 1.37. The number of nitrogens with zero attached hydrogens (tertiary/aromatic N) is 3. The van der Waals surface area contributed by atoms with Crippen LogP contribution in [0.3, 0.4) is 0 Å². The first-order valence-corrected chi connectivity index (χ1v) is 13.6. The minimum atomic E-state index is -0.473. The molecule has 2 aromatic heterocycles. The minimum absolute atomic E-state index is 0.0195. The third-order valence-electron chi connectivity index (χ3n) is 5.94. The second-order valence-corrected chi connectivity index (χ2v) is 9.72. The quantitative estimate of drug-likeness (QED) is 0.203. The van der Waals surface area contributed by atoms with Crippen LogP contribution >= 0.6 is 23.2 Å². The van der Waals surface area contributed by atoms with E-state index in [1.807, 2.05) is 19.1 Å². The first-order valence-electron chi connectivity index (χ1n) is 12.8. The second kappa shape index (κ2) is 13.8. The highest BCUT2D eigenvalue weighted by atomic mass is 35.5. The fourth-order valence-electron chi connectivity index (χ4n) is 3.84. The molecule has 3 N–H and O–H groups in total. The van der Waals surface area contributed by atoms with Crippen LogP contribution in [-0.4, -0.2) is 52.9 Å². The molecule has 218 valence electrons. The summed E-state index contributed by atoms with van der Waals surface area (Å²) in [7, 11) is 1.55. The molecule has 0 aliphatic heterocycles. The zero-order valence-corrected chi connectivity index (χ0v) is 24.5. The Morgan fingerprint density at radius 2 is 1.90 bits per heavy atom. The number of carbonyl (C=O) groups is 3. The molecule has 0 bridgehead atoms. The summed E-state index contributed by atoms with van der Waals surface area (Å²) in [6.07, 6.45) is 4.33. The summed E-state index contributed by atoms with van der Waals surface area (Å²) < 4.78 is 11.5. The molecule has 0 aliphatic carbocycles. The van der Waals surface area contributed by atoms with Crippen LogP contribution in [-0.2, 0) is 21.0 Å². The Kier molecular flexibility index (Phi) is 10.00. The predicted molar refractivity (Wildman–Crippen MR) is 162 cm³/mol. The number of fused-ring (bicyclic) bond motifs is 1. The van der Waals surface area contributed by atoms with Crippen LogP contribution in [0.5, 0.6) is 11.8 Å². The number of aromatic nitrogens is 3. The van der Waals surface area contributed by atoms with Crippen molar-refractivity contribution in [3.63, 3.8) is 0 Å². The van der Waals surface area contributed by atoms with Crippen LogP contribution in [0.4, 0.5) is 11.5 Å². The number of aromatic amines is 1. The highest BCUT2D eigenvalue weighted by Crippen LogP contribution is 2.35. The molecule has 0 atom stereocenters. The van der Waals surface area contributed by atoms with Gasteiger partial charge in [-0.2, -0.15) is 4.98 Å². The number of likely N-dealkylation sites (N-methyl/N-ethyl adjacent to an activating group) is 1. The molecule has 0 spiro atoms. The molecule has 42 heavy (non-hydrogen) atoms. The molecule has 13 heteroatoms. The highest BCUT2D eigenvalue weighted by Gasteiger charge is 2.19. The number of imidazole rings is 1. The van der Waals surface area contributed by atoms with Gasteiger partial charge in [0.2, 0.25) is 17.7 Å². The van der Waals surface area contributed by atoms with Gasteiger partial charge in [0, 0.05) is 36.8 Å². The van der Waals surface area contributed by atoms with Crippen molar-refractivity contribution >= 4 is 69.5 Å². The van der Waals surface area contributed by atoms with E-state index >= 15 is 0 Å². The predicted octanol–water partition coefficient (Wildman–Crippen LogP) is 4.99. The second-order valence-electron chi connectivity index (χ2n) is 8.94. The molecule has 0 saturated carbocycles. The lowest BCUT2D eigenvalue weighted by Crippen LogP contribution is -2.37. The molecule has 11 nitrogen and oxygen atoms in total. The first-order chi connectivity index (χ1) is 20.2. The highest BCUT2D eigenvalue weighted by molar-refractivity contribution is 6.38. The van der Waals surface area contributed by atoms with Crippen molar-refractivity contribution in [2.45, 2.75) is 20.5 Å². The molecule has 0 radical (unpaired) electrons. The van der Waals surface area contributed by atoms with E-state index in [1.165, 1.54) is 30.2 Å². The molecule has 2 heterocycles. The van der Waals surface area contributed by atoms with Crippen molar-refractivity contribution in [3.8, 4) is 11.8 Å². The van der Waals surface area contributed by atoms with Crippen molar-refractivity contribution in [2.75, 3.05) is 30.4 Å². The summed E-state index contributed by atoms with van der Waals surface area (Å²) in [4.78, 5) is 49.2. The van der Waals surface area contributed by atoms with Gasteiger partial charge in [-0.1, -0.05) is 29.3 Å². The number of halogens is 2. The van der Waals surface area contributed by atoms with Crippen LogP contribution in [0.25, 0.3) is 17.1 Å². The molecule has 0 fully saturated rings. The van der Waals surface area contributed by atoms with Gasteiger partial charge in [-0.05, 0) is 55.0 Å². The Hall–Kier alpha value is -4.61. The molecule has 0 unspecified atom stereocenters. The molecule has 0 aliphatic rings. The minimum Gasteiger partial charge on any atom is -0.486 e. The summed E-state index contributed by atoms with van der Waals surface area (Å²) in [5, 5.41) is 5.72. The topological polar surface area (TPSA) is 139 Å². The smallest absolute Gasteiger partial charge is 0.294 e. The zero-order chi connectivity index (χ0) is 30.2. The van der Waals surface area contributed by atoms with Gasteiger partial charge in [0.1, 0.15) is 23.7 Å². The maximum absolute atomic E-state index is 12.9. The average molecular weight is 611 g/mol. The SMILES string of the molecule is CCOc1nc2c(OCc3c(Cl)ccc(N(C)C(=O)CNC(=O)C=Cc4ccc(NC(C)=O)nc4)c3Cl)cccc2[nH]1. The molecule has 0 saturated heterocycles. The van der Waals surface area contributed by atoms with E-state index in [-0.39, 0.29) is 24.1 Å². The van der Waals surface area contributed by atoms with Crippen LogP contribution in [0, 0.1) is 0 Å². The number of hydrogen-bond donors (Lipinski definition) is 3. The molecular weight excluding hydrogens is 583 g/mol. The number of nitrogens with one attached hydrogen (secondary N) is 3. The number of H-pyrrole nitrogens is 1. The number of ether oxygens (including phenoxy) is 2. The number of pyridine rings is 1. The van der Waals surface area contributed by atoms with Gasteiger partial charge in [-0.25, -0.2) is 4.98 Å². The summed E-state index contributed by atoms with van der Waals surface area (Å²) in [6.45, 7) is 3.47. The van der Waals surface area contributed by atoms with E-state index in [9.17, 15) is 14.4 Å². The van der Waals surface area contributed by atoms with E-state index in [0.29, 0.717) is 51.5 Å². The summed E-state index contributed by atoms with van der Waals surface area (Å²) in [5.74, 6) is -0.201. The lowest BCUT2D eigenvalue weighted by Gasteiger charge is -2.21. The first kappa shape index (κ1) is 30.4. The van der Waals surface area contributed by atoms with Crippen LogP contribution in [0.1, 0.15) is 25.0 Å². The van der Waals surface area contributed by atoms with Crippen molar-refractivity contribution in [2.24, 2.45) is 0 Å². The van der Waals surface area contributed by atoms with E-state index in [0.717, 1.165) is 5.52 Å². The van der Waals surface area contributed by atoms with Gasteiger partial charge in [-0.15, -0.1) is 0 Å².